The summed E-state index contributed by atoms with van der Waals surface area (Å²) in [5.41, 5.74) is 3.35. The van der Waals surface area contributed by atoms with Crippen LogP contribution in [-0.2, 0) is 7.05 Å². The summed E-state index contributed by atoms with van der Waals surface area (Å²) in [6, 6.07) is 13.2. The number of nitrogens with zero attached hydrogens (tertiary/aromatic N) is 5. The standard InChI is InChI=1S/C27H30FN5O2/c1-31(25-15-24-21(30-22(25)16-29)11-13-27(34)32(24)2)18-5-7-19(8-6-18)33(20-9-10-20)23-12-4-17(28)14-26(23)35-3/h4,11-15,18-20H,5-10H2,1-3H3. The average molecular weight is 476 g/mol. The maximum Gasteiger partial charge on any atom is 0.250 e. The number of nitriles is 1. The molecule has 8 heteroatoms. The molecule has 0 bridgehead atoms. The van der Waals surface area contributed by atoms with Crippen LogP contribution in [0, 0.1) is 17.1 Å². The van der Waals surface area contributed by atoms with E-state index in [4.69, 9.17) is 4.74 Å². The molecule has 2 saturated carbocycles. The summed E-state index contributed by atoms with van der Waals surface area (Å²) in [4.78, 5) is 21.3. The smallest absolute Gasteiger partial charge is 0.250 e. The molecule has 0 atom stereocenters. The van der Waals surface area contributed by atoms with Crippen LogP contribution in [0.25, 0.3) is 11.0 Å². The van der Waals surface area contributed by atoms with Crippen molar-refractivity contribution in [2.75, 3.05) is 24.0 Å². The van der Waals surface area contributed by atoms with Crippen molar-refractivity contribution >= 4 is 22.4 Å². The minimum Gasteiger partial charge on any atom is -0.494 e. The first-order valence-corrected chi connectivity index (χ1v) is 12.2. The Morgan fingerprint density at radius 1 is 1.03 bits per heavy atom. The largest absolute Gasteiger partial charge is 0.494 e. The van der Waals surface area contributed by atoms with Crippen LogP contribution >= 0.6 is 0 Å². The van der Waals surface area contributed by atoms with E-state index in [9.17, 15) is 14.4 Å². The van der Waals surface area contributed by atoms with Crippen molar-refractivity contribution < 1.29 is 9.13 Å². The van der Waals surface area contributed by atoms with E-state index in [-0.39, 0.29) is 17.4 Å². The summed E-state index contributed by atoms with van der Waals surface area (Å²) >= 11 is 0. The molecule has 0 radical (unpaired) electrons. The molecule has 3 aromatic rings. The lowest BCUT2D eigenvalue weighted by Gasteiger charge is -2.42. The van der Waals surface area contributed by atoms with Crippen molar-refractivity contribution in [3.05, 3.63) is 58.3 Å². The highest BCUT2D eigenvalue weighted by atomic mass is 19.1. The van der Waals surface area contributed by atoms with Crippen LogP contribution in [0.3, 0.4) is 0 Å². The van der Waals surface area contributed by atoms with Gasteiger partial charge in [-0.3, -0.25) is 4.79 Å². The van der Waals surface area contributed by atoms with E-state index in [2.05, 4.69) is 20.9 Å². The number of hydrogen-bond acceptors (Lipinski definition) is 6. The monoisotopic (exact) mass is 475 g/mol. The van der Waals surface area contributed by atoms with Gasteiger partial charge in [0.25, 0.3) is 5.56 Å². The Balaban J connectivity index is 1.38. The molecule has 7 nitrogen and oxygen atoms in total. The zero-order valence-corrected chi connectivity index (χ0v) is 20.4. The van der Waals surface area contributed by atoms with Gasteiger partial charge in [-0.25, -0.2) is 9.37 Å². The Kier molecular flexibility index (Phi) is 6.10. The van der Waals surface area contributed by atoms with Gasteiger partial charge >= 0.3 is 0 Å². The van der Waals surface area contributed by atoms with Gasteiger partial charge in [0.2, 0.25) is 0 Å². The first-order chi connectivity index (χ1) is 16.9. The minimum absolute atomic E-state index is 0.102. The van der Waals surface area contributed by atoms with Gasteiger partial charge in [0.05, 0.1) is 29.5 Å². The number of aromatic nitrogens is 2. The molecule has 2 aliphatic rings. The number of ether oxygens (including phenoxy) is 1. The lowest BCUT2D eigenvalue weighted by Crippen LogP contribution is -2.44. The van der Waals surface area contributed by atoms with Crippen molar-refractivity contribution in [1.29, 1.82) is 5.26 Å². The van der Waals surface area contributed by atoms with Crippen molar-refractivity contribution in [3.8, 4) is 11.8 Å². The predicted octanol–water partition coefficient (Wildman–Crippen LogP) is 4.37. The van der Waals surface area contributed by atoms with Crippen molar-refractivity contribution in [2.24, 2.45) is 7.05 Å². The van der Waals surface area contributed by atoms with Crippen molar-refractivity contribution in [1.82, 2.24) is 9.55 Å². The van der Waals surface area contributed by atoms with Crippen LogP contribution in [0.1, 0.15) is 44.2 Å². The second kappa shape index (κ2) is 9.21. The van der Waals surface area contributed by atoms with Gasteiger partial charge in [-0.1, -0.05) is 0 Å². The highest BCUT2D eigenvalue weighted by Crippen LogP contribution is 2.42. The van der Waals surface area contributed by atoms with E-state index in [1.54, 1.807) is 24.8 Å². The maximum absolute atomic E-state index is 13.8. The van der Waals surface area contributed by atoms with Gasteiger partial charge in [-0.05, 0) is 62.8 Å². The summed E-state index contributed by atoms with van der Waals surface area (Å²) in [6.07, 6.45) is 6.20. The SMILES string of the molecule is COc1cc(F)ccc1N(C1CCC(N(C)c2cc3c(ccc(=O)n3C)nc2C#N)CC1)C1CC1. The number of hydrogen-bond donors (Lipinski definition) is 0. The van der Waals surface area contributed by atoms with Crippen LogP contribution in [-0.4, -0.2) is 41.8 Å². The third-order valence-corrected chi connectivity index (χ3v) is 7.54. The van der Waals surface area contributed by atoms with E-state index < -0.39 is 0 Å². The molecule has 2 aromatic heterocycles. The third kappa shape index (κ3) is 4.31. The molecule has 1 aromatic carbocycles. The van der Waals surface area contributed by atoms with E-state index in [1.807, 2.05) is 19.2 Å². The summed E-state index contributed by atoms with van der Waals surface area (Å²) in [6.45, 7) is 0. The number of halogens is 1. The van der Waals surface area contributed by atoms with Crippen molar-refractivity contribution in [2.45, 2.75) is 56.7 Å². The molecule has 0 spiro atoms. The Morgan fingerprint density at radius 3 is 2.31 bits per heavy atom. The summed E-state index contributed by atoms with van der Waals surface area (Å²) in [5, 5.41) is 9.77. The van der Waals surface area contributed by atoms with Crippen LogP contribution in [0.4, 0.5) is 15.8 Å². The van der Waals surface area contributed by atoms with Crippen LogP contribution in [0.2, 0.25) is 0 Å². The van der Waals surface area contributed by atoms with E-state index >= 15 is 0 Å². The lowest BCUT2D eigenvalue weighted by atomic mass is 9.88. The van der Waals surface area contributed by atoms with Crippen LogP contribution in [0.15, 0.2) is 41.2 Å². The lowest BCUT2D eigenvalue weighted by molar-refractivity contribution is 0.360. The second-order valence-corrected chi connectivity index (χ2v) is 9.63. The zero-order chi connectivity index (χ0) is 24.7. The number of anilines is 2. The van der Waals surface area contributed by atoms with E-state index in [0.29, 0.717) is 29.0 Å². The summed E-state index contributed by atoms with van der Waals surface area (Å²) in [5.74, 6) is 0.295. The topological polar surface area (TPSA) is 74.4 Å². The normalized spacial score (nSPS) is 19.9. The Morgan fingerprint density at radius 2 is 1.69 bits per heavy atom. The highest BCUT2D eigenvalue weighted by molar-refractivity contribution is 5.81. The summed E-state index contributed by atoms with van der Waals surface area (Å²) < 4.78 is 20.9. The molecular formula is C27H30FN5O2. The van der Waals surface area contributed by atoms with Gasteiger partial charge < -0.3 is 19.1 Å². The zero-order valence-electron chi connectivity index (χ0n) is 20.4. The molecule has 2 heterocycles. The molecule has 0 N–H and O–H groups in total. The molecule has 2 fully saturated rings. The molecule has 2 aliphatic carbocycles. The molecule has 0 amide bonds. The van der Waals surface area contributed by atoms with Crippen LogP contribution < -0.4 is 20.1 Å². The maximum atomic E-state index is 13.8. The van der Waals surface area contributed by atoms with E-state index in [1.165, 1.54) is 18.2 Å². The van der Waals surface area contributed by atoms with Gasteiger partial charge in [0.15, 0.2) is 5.69 Å². The Hall–Kier alpha value is -3.60. The quantitative estimate of drug-likeness (QED) is 0.527. The van der Waals surface area contributed by atoms with Crippen molar-refractivity contribution in [3.63, 3.8) is 0 Å². The Bertz CT molecular complexity index is 1350. The summed E-state index contributed by atoms with van der Waals surface area (Å²) in [7, 11) is 5.33. The highest BCUT2D eigenvalue weighted by Gasteiger charge is 2.38. The number of aryl methyl sites for hydroxylation is 1. The van der Waals surface area contributed by atoms with E-state index in [0.717, 1.165) is 55.4 Å². The predicted molar refractivity (Wildman–Crippen MR) is 135 cm³/mol. The first kappa shape index (κ1) is 23.2. The molecule has 0 saturated heterocycles. The Labute approximate surface area is 204 Å². The molecular weight excluding hydrogens is 445 g/mol. The molecule has 182 valence electrons. The molecule has 0 aliphatic heterocycles. The third-order valence-electron chi connectivity index (χ3n) is 7.54. The number of fused-ring (bicyclic) bond motifs is 1. The van der Waals surface area contributed by atoms with Gasteiger partial charge in [-0.2, -0.15) is 5.26 Å². The van der Waals surface area contributed by atoms with Gasteiger partial charge in [0.1, 0.15) is 17.6 Å². The average Bonchev–Trinajstić information content (AvgIpc) is 3.72. The molecule has 5 rings (SSSR count). The number of rotatable bonds is 6. The molecule has 35 heavy (non-hydrogen) atoms. The van der Waals surface area contributed by atoms with Gasteiger partial charge in [-0.15, -0.1) is 0 Å². The molecule has 0 unspecified atom stereocenters. The number of methoxy groups -OCH3 is 1. The first-order valence-electron chi connectivity index (χ1n) is 12.2. The minimum atomic E-state index is -0.290. The van der Waals surface area contributed by atoms with Gasteiger partial charge in [0, 0.05) is 44.4 Å². The fraction of sp³-hybridized carbons (Fsp3) is 0.444. The fourth-order valence-corrected chi connectivity index (χ4v) is 5.46. The van der Waals surface area contributed by atoms with Crippen LogP contribution in [0.5, 0.6) is 5.75 Å². The fourth-order valence-electron chi connectivity index (χ4n) is 5.46. The number of pyridine rings is 2. The number of benzene rings is 1. The second-order valence-electron chi connectivity index (χ2n) is 9.63.